The summed E-state index contributed by atoms with van der Waals surface area (Å²) in [6, 6.07) is 1.51. The van der Waals surface area contributed by atoms with Crippen molar-refractivity contribution in [2.24, 2.45) is 0 Å². The Morgan fingerprint density at radius 2 is 1.94 bits per heavy atom. The van der Waals surface area contributed by atoms with Crippen LogP contribution in [0.1, 0.15) is 22.3 Å². The highest BCUT2D eigenvalue weighted by molar-refractivity contribution is 9.09. The first-order valence-corrected chi connectivity index (χ1v) is 5.45. The van der Waals surface area contributed by atoms with E-state index in [0.29, 0.717) is 11.8 Å². The third-order valence-corrected chi connectivity index (χ3v) is 2.12. The maximum absolute atomic E-state index is 13.3. The smallest absolute Gasteiger partial charge is 0.335 e. The molecule has 0 spiro atoms. The molecule has 1 rings (SSSR count). The van der Waals surface area contributed by atoms with Crippen LogP contribution in [0.3, 0.4) is 0 Å². The minimum Gasteiger partial charge on any atom is -0.478 e. The molecule has 0 aliphatic rings. The van der Waals surface area contributed by atoms with Crippen molar-refractivity contribution in [3.05, 3.63) is 34.9 Å². The predicted molar refractivity (Wildman–Crippen MR) is 58.6 cm³/mol. The van der Waals surface area contributed by atoms with Gasteiger partial charge in [0, 0.05) is 11.8 Å². The molecule has 0 radical (unpaired) electrons. The van der Waals surface area contributed by atoms with Crippen LogP contribution in [0, 0.1) is 23.5 Å². The number of carbonyl (C=O) groups is 1. The number of benzene rings is 1. The molecule has 0 heterocycles. The number of aromatic carboxylic acids is 1. The molecule has 16 heavy (non-hydrogen) atoms. The van der Waals surface area contributed by atoms with Gasteiger partial charge in [0.05, 0.1) is 11.1 Å². The maximum Gasteiger partial charge on any atom is 0.335 e. The Morgan fingerprint density at radius 1 is 1.38 bits per heavy atom. The van der Waals surface area contributed by atoms with Crippen molar-refractivity contribution < 1.29 is 18.7 Å². The van der Waals surface area contributed by atoms with Gasteiger partial charge < -0.3 is 5.11 Å². The molecule has 0 aliphatic carbocycles. The molecular weight excluding hydrogens is 282 g/mol. The van der Waals surface area contributed by atoms with Gasteiger partial charge in [-0.1, -0.05) is 27.8 Å². The van der Waals surface area contributed by atoms with Gasteiger partial charge >= 0.3 is 5.97 Å². The summed E-state index contributed by atoms with van der Waals surface area (Å²) in [6.07, 6.45) is 0.458. The predicted octanol–water partition coefficient (Wildman–Crippen LogP) is 2.80. The molecule has 5 heteroatoms. The lowest BCUT2D eigenvalue weighted by Crippen LogP contribution is -2.01. The Bertz CT molecular complexity index is 452. The molecule has 84 valence electrons. The molecule has 2 nitrogen and oxygen atoms in total. The van der Waals surface area contributed by atoms with Crippen LogP contribution >= 0.6 is 15.9 Å². The largest absolute Gasteiger partial charge is 0.478 e. The Kier molecular flexibility index (Phi) is 4.44. The fourth-order valence-electron chi connectivity index (χ4n) is 1.01. The number of rotatable bonds is 2. The summed E-state index contributed by atoms with van der Waals surface area (Å²) in [6.45, 7) is 0. The second-order valence-corrected chi connectivity index (χ2v) is 3.65. The van der Waals surface area contributed by atoms with Gasteiger partial charge in [0.2, 0.25) is 0 Å². The van der Waals surface area contributed by atoms with Crippen LogP contribution in [0.2, 0.25) is 0 Å². The molecule has 0 aromatic heterocycles. The number of hydrogen-bond donors (Lipinski definition) is 1. The van der Waals surface area contributed by atoms with Crippen molar-refractivity contribution in [1.82, 2.24) is 0 Å². The standard InChI is InChI=1S/C11H7BrF2O2/c12-4-2-1-3-8-9(13)5-7(11(15)16)6-10(8)14/h5-6H,2,4H2,(H,15,16). The summed E-state index contributed by atoms with van der Waals surface area (Å²) in [5.41, 5.74) is -0.827. The Hall–Kier alpha value is -1.41. The summed E-state index contributed by atoms with van der Waals surface area (Å²) in [7, 11) is 0. The molecule has 1 N–H and O–H groups in total. The van der Waals surface area contributed by atoms with Crippen LogP contribution in [0.4, 0.5) is 8.78 Å². The zero-order valence-corrected chi connectivity index (χ0v) is 9.64. The van der Waals surface area contributed by atoms with E-state index in [1.165, 1.54) is 0 Å². The first kappa shape index (κ1) is 12.7. The van der Waals surface area contributed by atoms with E-state index in [1.54, 1.807) is 0 Å². The summed E-state index contributed by atoms with van der Waals surface area (Å²) in [4.78, 5) is 10.5. The van der Waals surface area contributed by atoms with Gasteiger partial charge in [0.25, 0.3) is 0 Å². The molecule has 0 aliphatic heterocycles. The minimum atomic E-state index is -1.38. The fraction of sp³-hybridized carbons (Fsp3) is 0.182. The van der Waals surface area contributed by atoms with Gasteiger partial charge in [-0.2, -0.15) is 0 Å². The summed E-state index contributed by atoms with van der Waals surface area (Å²) in [5.74, 6) is 1.59. The summed E-state index contributed by atoms with van der Waals surface area (Å²) in [5, 5.41) is 9.17. The fourth-order valence-corrected chi connectivity index (χ4v) is 1.21. The molecule has 0 saturated carbocycles. The molecule has 1 aromatic carbocycles. The minimum absolute atomic E-state index is 0.397. The Labute approximate surface area is 99.4 Å². The van der Waals surface area contributed by atoms with E-state index in [2.05, 4.69) is 27.8 Å². The van der Waals surface area contributed by atoms with Crippen LogP contribution in [0.5, 0.6) is 0 Å². The topological polar surface area (TPSA) is 37.3 Å². The summed E-state index contributed by atoms with van der Waals surface area (Å²) >= 11 is 3.12. The molecule has 0 bridgehead atoms. The molecule has 1 aromatic rings. The van der Waals surface area contributed by atoms with Crippen LogP contribution in [-0.2, 0) is 0 Å². The zero-order valence-electron chi connectivity index (χ0n) is 8.06. The van der Waals surface area contributed by atoms with E-state index < -0.39 is 28.7 Å². The third kappa shape index (κ3) is 3.04. The number of carboxylic acids is 1. The average Bonchev–Trinajstić information content (AvgIpc) is 2.21. The van der Waals surface area contributed by atoms with Gasteiger partial charge in [-0.3, -0.25) is 0 Å². The van der Waals surface area contributed by atoms with Crippen molar-refractivity contribution in [3.63, 3.8) is 0 Å². The van der Waals surface area contributed by atoms with Crippen LogP contribution in [-0.4, -0.2) is 16.4 Å². The van der Waals surface area contributed by atoms with Crippen molar-refractivity contribution in [2.75, 3.05) is 5.33 Å². The van der Waals surface area contributed by atoms with Crippen molar-refractivity contribution in [3.8, 4) is 11.8 Å². The Morgan fingerprint density at radius 3 is 2.38 bits per heavy atom. The third-order valence-electron chi connectivity index (χ3n) is 1.72. The molecule has 0 unspecified atom stereocenters. The maximum atomic E-state index is 13.3. The number of hydrogen-bond acceptors (Lipinski definition) is 1. The highest BCUT2D eigenvalue weighted by Crippen LogP contribution is 2.14. The van der Waals surface area contributed by atoms with E-state index in [4.69, 9.17) is 5.11 Å². The highest BCUT2D eigenvalue weighted by atomic mass is 79.9. The molecule has 0 fully saturated rings. The number of carboxylic acid groups (broad SMARTS) is 1. The van der Waals surface area contributed by atoms with Gasteiger partial charge in [-0.05, 0) is 12.1 Å². The van der Waals surface area contributed by atoms with E-state index in [0.717, 1.165) is 12.1 Å². The lowest BCUT2D eigenvalue weighted by Gasteiger charge is -1.99. The monoisotopic (exact) mass is 288 g/mol. The second kappa shape index (κ2) is 5.61. The lowest BCUT2D eigenvalue weighted by atomic mass is 10.1. The van der Waals surface area contributed by atoms with Crippen molar-refractivity contribution >= 4 is 21.9 Å². The van der Waals surface area contributed by atoms with E-state index in [-0.39, 0.29) is 0 Å². The second-order valence-electron chi connectivity index (χ2n) is 2.86. The lowest BCUT2D eigenvalue weighted by molar-refractivity contribution is 0.0695. The van der Waals surface area contributed by atoms with E-state index in [9.17, 15) is 13.6 Å². The highest BCUT2D eigenvalue weighted by Gasteiger charge is 2.12. The van der Waals surface area contributed by atoms with Gasteiger partial charge in [0.1, 0.15) is 11.6 Å². The quantitative estimate of drug-likeness (QED) is 0.671. The first-order chi connectivity index (χ1) is 7.56. The zero-order chi connectivity index (χ0) is 12.1. The van der Waals surface area contributed by atoms with Crippen LogP contribution < -0.4 is 0 Å². The normalized spacial score (nSPS) is 9.44. The van der Waals surface area contributed by atoms with Gasteiger partial charge in [-0.15, -0.1) is 0 Å². The van der Waals surface area contributed by atoms with Gasteiger partial charge in [-0.25, -0.2) is 13.6 Å². The molecule has 0 amide bonds. The van der Waals surface area contributed by atoms with Crippen LogP contribution in [0.15, 0.2) is 12.1 Å². The van der Waals surface area contributed by atoms with Crippen molar-refractivity contribution in [1.29, 1.82) is 0 Å². The van der Waals surface area contributed by atoms with E-state index >= 15 is 0 Å². The number of alkyl halides is 1. The van der Waals surface area contributed by atoms with Gasteiger partial charge in [0.15, 0.2) is 0 Å². The van der Waals surface area contributed by atoms with Crippen molar-refractivity contribution in [2.45, 2.75) is 6.42 Å². The van der Waals surface area contributed by atoms with E-state index in [1.807, 2.05) is 0 Å². The Balaban J connectivity index is 3.14. The first-order valence-electron chi connectivity index (χ1n) is 4.33. The molecular formula is C11H7BrF2O2. The molecule has 0 atom stereocenters. The molecule has 0 saturated heterocycles. The average molecular weight is 289 g/mol. The summed E-state index contributed by atoms with van der Waals surface area (Å²) < 4.78 is 26.6. The SMILES string of the molecule is O=C(O)c1cc(F)c(C#CCCBr)c(F)c1. The number of halogens is 3. The van der Waals surface area contributed by atoms with Crippen LogP contribution in [0.25, 0.3) is 0 Å².